The van der Waals surface area contributed by atoms with Crippen LogP contribution < -0.4 is 10.6 Å². The number of rotatable bonds is 3. The van der Waals surface area contributed by atoms with Crippen LogP contribution in [0.1, 0.15) is 5.56 Å². The fourth-order valence-corrected chi connectivity index (χ4v) is 2.53. The molecule has 0 fully saturated rings. The number of hydrogen-bond donors (Lipinski definition) is 1. The highest BCUT2D eigenvalue weighted by atomic mass is 79.9. The van der Waals surface area contributed by atoms with Gasteiger partial charge in [0.2, 0.25) is 0 Å². The van der Waals surface area contributed by atoms with Crippen molar-refractivity contribution in [2.24, 2.45) is 0 Å². The third kappa shape index (κ3) is 3.01. The first kappa shape index (κ1) is 12.9. The molecule has 0 amide bonds. The number of nitrogens with two attached hydrogens (primary N) is 1. The van der Waals surface area contributed by atoms with E-state index in [9.17, 15) is 4.39 Å². The van der Waals surface area contributed by atoms with Crippen molar-refractivity contribution in [1.82, 2.24) is 0 Å². The summed E-state index contributed by atoms with van der Waals surface area (Å²) in [6, 6.07) is 12.3. The van der Waals surface area contributed by atoms with E-state index in [1.807, 2.05) is 36.2 Å². The zero-order chi connectivity index (χ0) is 13.1. The number of anilines is 2. The van der Waals surface area contributed by atoms with Crippen molar-refractivity contribution in [2.45, 2.75) is 6.54 Å². The number of hydrogen-bond acceptors (Lipinski definition) is 2. The number of nitrogen functional groups attached to an aromatic ring is 1. The summed E-state index contributed by atoms with van der Waals surface area (Å²) in [7, 11) is 1.96. The SMILES string of the molecule is CN(Cc1cccc(F)c1)c1ccc(N)cc1Br. The molecular weight excluding hydrogens is 295 g/mol. The van der Waals surface area contributed by atoms with Crippen LogP contribution >= 0.6 is 15.9 Å². The maximum absolute atomic E-state index is 13.1. The van der Waals surface area contributed by atoms with Gasteiger partial charge in [0.1, 0.15) is 5.82 Å². The Morgan fingerprint density at radius 3 is 2.67 bits per heavy atom. The molecule has 0 atom stereocenters. The second-order valence-electron chi connectivity index (χ2n) is 4.20. The molecule has 0 aliphatic carbocycles. The Morgan fingerprint density at radius 1 is 1.22 bits per heavy atom. The zero-order valence-electron chi connectivity index (χ0n) is 10.0. The molecule has 2 rings (SSSR count). The number of nitrogens with zero attached hydrogens (tertiary/aromatic N) is 1. The first-order chi connectivity index (χ1) is 8.56. The Bertz CT molecular complexity index is 557. The van der Waals surface area contributed by atoms with Crippen LogP contribution in [0.15, 0.2) is 46.9 Å². The van der Waals surface area contributed by atoms with E-state index in [0.717, 1.165) is 15.7 Å². The molecule has 0 aliphatic rings. The van der Waals surface area contributed by atoms with Crippen LogP contribution in [0.2, 0.25) is 0 Å². The molecule has 0 aliphatic heterocycles. The number of halogens is 2. The van der Waals surface area contributed by atoms with Crippen molar-refractivity contribution in [3.8, 4) is 0 Å². The topological polar surface area (TPSA) is 29.3 Å². The van der Waals surface area contributed by atoms with Crippen LogP contribution in [-0.4, -0.2) is 7.05 Å². The molecule has 2 nitrogen and oxygen atoms in total. The minimum Gasteiger partial charge on any atom is -0.399 e. The fourth-order valence-electron chi connectivity index (χ4n) is 1.83. The highest BCUT2D eigenvalue weighted by molar-refractivity contribution is 9.10. The normalized spacial score (nSPS) is 10.4. The molecule has 0 radical (unpaired) electrons. The summed E-state index contributed by atoms with van der Waals surface area (Å²) in [4.78, 5) is 2.04. The second kappa shape index (κ2) is 5.40. The molecule has 0 saturated carbocycles. The molecule has 94 valence electrons. The standard InChI is InChI=1S/C14H14BrFN2/c1-18(9-10-3-2-4-11(16)7-10)14-6-5-12(17)8-13(14)15/h2-8H,9,17H2,1H3. The minimum absolute atomic E-state index is 0.211. The van der Waals surface area contributed by atoms with E-state index in [1.165, 1.54) is 6.07 Å². The third-order valence-corrected chi connectivity index (χ3v) is 3.33. The second-order valence-corrected chi connectivity index (χ2v) is 5.05. The lowest BCUT2D eigenvalue weighted by atomic mass is 10.2. The van der Waals surface area contributed by atoms with Gasteiger partial charge in [-0.1, -0.05) is 12.1 Å². The lowest BCUT2D eigenvalue weighted by molar-refractivity contribution is 0.625. The van der Waals surface area contributed by atoms with Gasteiger partial charge >= 0.3 is 0 Å². The van der Waals surface area contributed by atoms with Crippen LogP contribution in [0.3, 0.4) is 0 Å². The predicted molar refractivity (Wildman–Crippen MR) is 77.1 cm³/mol. The molecule has 4 heteroatoms. The highest BCUT2D eigenvalue weighted by Gasteiger charge is 2.07. The van der Waals surface area contributed by atoms with Crippen LogP contribution in [0.5, 0.6) is 0 Å². The van der Waals surface area contributed by atoms with Crippen molar-refractivity contribution in [3.05, 3.63) is 58.3 Å². The molecule has 2 aromatic carbocycles. The van der Waals surface area contributed by atoms with Gasteiger partial charge in [0.15, 0.2) is 0 Å². The van der Waals surface area contributed by atoms with Crippen LogP contribution in [0.4, 0.5) is 15.8 Å². The maximum atomic E-state index is 13.1. The van der Waals surface area contributed by atoms with E-state index in [0.29, 0.717) is 12.2 Å². The van der Waals surface area contributed by atoms with Gasteiger partial charge in [-0.2, -0.15) is 0 Å². The first-order valence-electron chi connectivity index (χ1n) is 5.57. The number of benzene rings is 2. The largest absolute Gasteiger partial charge is 0.399 e. The molecule has 0 bridgehead atoms. The lowest BCUT2D eigenvalue weighted by Gasteiger charge is -2.21. The van der Waals surface area contributed by atoms with Crippen molar-refractivity contribution >= 4 is 27.3 Å². The molecular formula is C14H14BrFN2. The quantitative estimate of drug-likeness (QED) is 0.874. The van der Waals surface area contributed by atoms with Gasteiger partial charge in [0.25, 0.3) is 0 Å². The van der Waals surface area contributed by atoms with Gasteiger partial charge in [-0.05, 0) is 51.8 Å². The van der Waals surface area contributed by atoms with Crippen molar-refractivity contribution in [1.29, 1.82) is 0 Å². The van der Waals surface area contributed by atoms with Crippen LogP contribution in [-0.2, 0) is 6.54 Å². The van der Waals surface area contributed by atoms with Gasteiger partial charge in [0.05, 0.1) is 5.69 Å². The van der Waals surface area contributed by atoms with E-state index in [2.05, 4.69) is 15.9 Å². The molecule has 0 aromatic heterocycles. The van der Waals surface area contributed by atoms with Crippen LogP contribution in [0.25, 0.3) is 0 Å². The summed E-state index contributed by atoms with van der Waals surface area (Å²) in [5, 5.41) is 0. The Kier molecular flexibility index (Phi) is 3.87. The van der Waals surface area contributed by atoms with Gasteiger partial charge < -0.3 is 10.6 Å². The van der Waals surface area contributed by atoms with Gasteiger partial charge in [-0.3, -0.25) is 0 Å². The maximum Gasteiger partial charge on any atom is 0.123 e. The Labute approximate surface area is 114 Å². The third-order valence-electron chi connectivity index (χ3n) is 2.69. The van der Waals surface area contributed by atoms with Gasteiger partial charge in [-0.15, -0.1) is 0 Å². The first-order valence-corrected chi connectivity index (χ1v) is 6.36. The monoisotopic (exact) mass is 308 g/mol. The summed E-state index contributed by atoms with van der Waals surface area (Å²) in [5.74, 6) is -0.211. The summed E-state index contributed by atoms with van der Waals surface area (Å²) >= 11 is 3.48. The molecule has 18 heavy (non-hydrogen) atoms. The van der Waals surface area contributed by atoms with Crippen molar-refractivity contribution in [3.63, 3.8) is 0 Å². The molecule has 0 heterocycles. The minimum atomic E-state index is -0.211. The van der Waals surface area contributed by atoms with Crippen molar-refractivity contribution in [2.75, 3.05) is 17.7 Å². The lowest BCUT2D eigenvalue weighted by Crippen LogP contribution is -2.17. The molecule has 2 aromatic rings. The molecule has 0 saturated heterocycles. The van der Waals surface area contributed by atoms with Gasteiger partial charge in [0, 0.05) is 23.8 Å². The molecule has 0 spiro atoms. The predicted octanol–water partition coefficient (Wildman–Crippen LogP) is 3.81. The van der Waals surface area contributed by atoms with E-state index in [4.69, 9.17) is 5.73 Å². The van der Waals surface area contributed by atoms with Crippen molar-refractivity contribution < 1.29 is 4.39 Å². The highest BCUT2D eigenvalue weighted by Crippen LogP contribution is 2.28. The Balaban J connectivity index is 2.19. The Morgan fingerprint density at radius 2 is 2.00 bits per heavy atom. The van der Waals surface area contributed by atoms with Crippen LogP contribution in [0, 0.1) is 5.82 Å². The van der Waals surface area contributed by atoms with E-state index in [1.54, 1.807) is 12.1 Å². The average Bonchev–Trinajstić information content (AvgIpc) is 2.28. The smallest absolute Gasteiger partial charge is 0.123 e. The van der Waals surface area contributed by atoms with E-state index >= 15 is 0 Å². The summed E-state index contributed by atoms with van der Waals surface area (Å²) < 4.78 is 14.0. The Hall–Kier alpha value is -1.55. The van der Waals surface area contributed by atoms with E-state index in [-0.39, 0.29) is 5.82 Å². The van der Waals surface area contributed by atoms with E-state index < -0.39 is 0 Å². The zero-order valence-corrected chi connectivity index (χ0v) is 11.6. The fraction of sp³-hybridized carbons (Fsp3) is 0.143. The molecule has 2 N–H and O–H groups in total. The summed E-state index contributed by atoms with van der Waals surface area (Å²) in [5.41, 5.74) is 8.37. The van der Waals surface area contributed by atoms with Gasteiger partial charge in [-0.25, -0.2) is 4.39 Å². The summed E-state index contributed by atoms with van der Waals surface area (Å²) in [6.45, 7) is 0.639. The summed E-state index contributed by atoms with van der Waals surface area (Å²) in [6.07, 6.45) is 0. The molecule has 0 unspecified atom stereocenters. The average molecular weight is 309 g/mol.